The van der Waals surface area contributed by atoms with Crippen LogP contribution in [0.1, 0.15) is 26.2 Å². The van der Waals surface area contributed by atoms with E-state index in [0.29, 0.717) is 19.1 Å². The van der Waals surface area contributed by atoms with Crippen molar-refractivity contribution in [2.75, 3.05) is 41.0 Å². The molecule has 0 aromatic rings. The van der Waals surface area contributed by atoms with Crippen molar-refractivity contribution in [1.82, 2.24) is 0 Å². The maximum atomic E-state index is 11.4. The van der Waals surface area contributed by atoms with Crippen molar-refractivity contribution in [3.05, 3.63) is 12.2 Å². The highest BCUT2D eigenvalue weighted by Gasteiger charge is 2.61. The molecule has 0 aromatic heterocycles. The lowest BCUT2D eigenvalue weighted by molar-refractivity contribution is -0.150. The zero-order valence-electron chi connectivity index (χ0n) is 14.3. The summed E-state index contributed by atoms with van der Waals surface area (Å²) in [7, 11) is 3.20. The zero-order valence-corrected chi connectivity index (χ0v) is 14.3. The van der Waals surface area contributed by atoms with Crippen LogP contribution in [0.2, 0.25) is 0 Å². The van der Waals surface area contributed by atoms with Gasteiger partial charge in [0.1, 0.15) is 19.7 Å². The summed E-state index contributed by atoms with van der Waals surface area (Å²) in [6.45, 7) is 7.15. The first kappa shape index (κ1) is 18.4. The minimum absolute atomic E-state index is 0.0587. The molecule has 2 aliphatic rings. The average molecular weight is 328 g/mol. The highest BCUT2D eigenvalue weighted by Crippen LogP contribution is 2.62. The molecular formula is C17H28O6. The van der Waals surface area contributed by atoms with E-state index < -0.39 is 0 Å². The van der Waals surface area contributed by atoms with Crippen LogP contribution in [0.4, 0.5) is 0 Å². The van der Waals surface area contributed by atoms with Crippen molar-refractivity contribution >= 4 is 5.97 Å². The third kappa shape index (κ3) is 3.76. The maximum Gasteiger partial charge on any atom is 0.302 e. The van der Waals surface area contributed by atoms with Crippen molar-refractivity contribution in [3.8, 4) is 0 Å². The molecule has 0 saturated heterocycles. The van der Waals surface area contributed by atoms with E-state index in [0.717, 1.165) is 24.8 Å². The second-order valence-electron chi connectivity index (χ2n) is 6.42. The van der Waals surface area contributed by atoms with Crippen molar-refractivity contribution in [2.24, 2.45) is 17.3 Å². The molecule has 2 saturated carbocycles. The van der Waals surface area contributed by atoms with E-state index in [4.69, 9.17) is 23.7 Å². The Hall–Kier alpha value is -0.950. The largest absolute Gasteiger partial charge is 0.462 e. The quantitative estimate of drug-likeness (QED) is 0.265. The van der Waals surface area contributed by atoms with Crippen LogP contribution in [0.3, 0.4) is 0 Å². The van der Waals surface area contributed by atoms with Crippen LogP contribution >= 0.6 is 0 Å². The second kappa shape index (κ2) is 8.24. The fourth-order valence-corrected chi connectivity index (χ4v) is 4.39. The van der Waals surface area contributed by atoms with E-state index in [9.17, 15) is 4.79 Å². The lowest BCUT2D eigenvalue weighted by Crippen LogP contribution is -2.38. The van der Waals surface area contributed by atoms with E-state index in [-0.39, 0.29) is 37.0 Å². The molecule has 23 heavy (non-hydrogen) atoms. The van der Waals surface area contributed by atoms with Crippen LogP contribution in [-0.2, 0) is 28.5 Å². The predicted molar refractivity (Wildman–Crippen MR) is 83.6 cm³/mol. The molecule has 0 N–H and O–H groups in total. The number of hydrogen-bond acceptors (Lipinski definition) is 6. The van der Waals surface area contributed by atoms with Gasteiger partial charge in [-0.05, 0) is 30.8 Å². The van der Waals surface area contributed by atoms with Crippen molar-refractivity contribution in [1.29, 1.82) is 0 Å². The Balaban J connectivity index is 2.13. The van der Waals surface area contributed by atoms with Gasteiger partial charge in [-0.15, -0.1) is 0 Å². The summed E-state index contributed by atoms with van der Waals surface area (Å²) >= 11 is 0. The number of rotatable bonds is 10. The molecule has 0 heterocycles. The van der Waals surface area contributed by atoms with Crippen LogP contribution in [0.15, 0.2) is 12.2 Å². The smallest absolute Gasteiger partial charge is 0.302 e. The predicted octanol–water partition coefficient (Wildman–Crippen LogP) is 2.13. The summed E-state index contributed by atoms with van der Waals surface area (Å²) in [6.07, 6.45) is 2.92. The van der Waals surface area contributed by atoms with Crippen molar-refractivity contribution in [2.45, 2.75) is 32.3 Å². The molecule has 6 nitrogen and oxygen atoms in total. The zero-order chi connectivity index (χ0) is 16.9. The Morgan fingerprint density at radius 3 is 2.52 bits per heavy atom. The molecule has 2 rings (SSSR count). The van der Waals surface area contributed by atoms with Crippen LogP contribution in [0.5, 0.6) is 0 Å². The minimum Gasteiger partial charge on any atom is -0.462 e. The Morgan fingerprint density at radius 1 is 1.17 bits per heavy atom. The molecule has 2 fully saturated rings. The van der Waals surface area contributed by atoms with Gasteiger partial charge in [-0.3, -0.25) is 4.79 Å². The number of carbonyl (C=O) groups is 1. The summed E-state index contributed by atoms with van der Waals surface area (Å²) in [4.78, 5) is 11.4. The van der Waals surface area contributed by atoms with Crippen molar-refractivity contribution < 1.29 is 28.5 Å². The molecule has 0 aromatic carbocycles. The van der Waals surface area contributed by atoms with Gasteiger partial charge in [0.05, 0.1) is 13.2 Å². The number of fused-ring (bicyclic) bond motifs is 2. The second-order valence-corrected chi connectivity index (χ2v) is 6.42. The van der Waals surface area contributed by atoms with Gasteiger partial charge in [0, 0.05) is 32.5 Å². The van der Waals surface area contributed by atoms with Gasteiger partial charge >= 0.3 is 5.97 Å². The summed E-state index contributed by atoms with van der Waals surface area (Å²) in [5.74, 6) is 0.398. The fraction of sp³-hybridized carbons (Fsp3) is 0.824. The lowest BCUT2D eigenvalue weighted by Gasteiger charge is -2.36. The van der Waals surface area contributed by atoms with Gasteiger partial charge in [-0.25, -0.2) is 0 Å². The number of hydrogen-bond donors (Lipinski definition) is 0. The third-order valence-corrected chi connectivity index (χ3v) is 5.18. The molecule has 2 aliphatic carbocycles. The van der Waals surface area contributed by atoms with E-state index >= 15 is 0 Å². The molecule has 0 radical (unpaired) electrons. The maximum absolute atomic E-state index is 11.4. The van der Waals surface area contributed by atoms with Gasteiger partial charge in [0.25, 0.3) is 0 Å². The highest BCUT2D eigenvalue weighted by molar-refractivity contribution is 5.66. The number of methoxy groups -OCH3 is 2. The first-order valence-corrected chi connectivity index (χ1v) is 8.05. The Kier molecular flexibility index (Phi) is 6.59. The lowest BCUT2D eigenvalue weighted by atomic mass is 9.72. The molecule has 2 unspecified atom stereocenters. The number of carbonyl (C=O) groups excluding carboxylic acids is 1. The minimum atomic E-state index is -0.226. The summed E-state index contributed by atoms with van der Waals surface area (Å²) in [5, 5.41) is 0. The molecular weight excluding hydrogens is 300 g/mol. The van der Waals surface area contributed by atoms with Gasteiger partial charge < -0.3 is 23.7 Å². The van der Waals surface area contributed by atoms with E-state index in [1.54, 1.807) is 14.2 Å². The monoisotopic (exact) mass is 328 g/mol. The molecule has 0 amide bonds. The van der Waals surface area contributed by atoms with Crippen LogP contribution in [0.25, 0.3) is 0 Å². The fourth-order valence-electron chi connectivity index (χ4n) is 4.39. The summed E-state index contributed by atoms with van der Waals surface area (Å²) < 4.78 is 26.7. The first-order valence-electron chi connectivity index (χ1n) is 8.05. The van der Waals surface area contributed by atoms with E-state index in [1.165, 1.54) is 6.92 Å². The van der Waals surface area contributed by atoms with Gasteiger partial charge in [0.15, 0.2) is 0 Å². The van der Waals surface area contributed by atoms with E-state index in [2.05, 4.69) is 6.58 Å². The first-order chi connectivity index (χ1) is 11.1. The van der Waals surface area contributed by atoms with Gasteiger partial charge in [0.2, 0.25) is 0 Å². The molecule has 132 valence electrons. The normalized spacial score (nSPS) is 32.2. The number of esters is 1. The Bertz CT molecular complexity index is 423. The SMILES string of the molecule is C=C(COCOC)C1(COCOC)[C@@H]2CC[C@H]1C(OC(C)=O)C2. The molecule has 4 atom stereocenters. The average Bonchev–Trinajstić information content (AvgIpc) is 3.00. The van der Waals surface area contributed by atoms with Gasteiger partial charge in [-0.1, -0.05) is 6.58 Å². The standard InChI is InChI=1S/C17H28O6/c1-12(8-21-10-19-3)17(9-22-11-20-4)14-5-6-15(17)16(7-14)23-13(2)18/h14-16H,1,5-11H2,2-4H3/t14-,15+,16?,17?/m1/s1. The molecule has 0 aliphatic heterocycles. The van der Waals surface area contributed by atoms with E-state index in [1.807, 2.05) is 0 Å². The number of ether oxygens (including phenoxy) is 5. The highest BCUT2D eigenvalue weighted by atomic mass is 16.7. The summed E-state index contributed by atoms with van der Waals surface area (Å²) in [5.41, 5.74) is 0.777. The molecule has 0 spiro atoms. The Labute approximate surface area is 138 Å². The Morgan fingerprint density at radius 2 is 1.87 bits per heavy atom. The molecule has 2 bridgehead atoms. The van der Waals surface area contributed by atoms with Crippen LogP contribution < -0.4 is 0 Å². The summed E-state index contributed by atoms with van der Waals surface area (Å²) in [6, 6.07) is 0. The van der Waals surface area contributed by atoms with Gasteiger partial charge in [-0.2, -0.15) is 0 Å². The third-order valence-electron chi connectivity index (χ3n) is 5.18. The molecule has 6 heteroatoms. The van der Waals surface area contributed by atoms with Crippen LogP contribution in [0, 0.1) is 17.3 Å². The topological polar surface area (TPSA) is 63.2 Å². The van der Waals surface area contributed by atoms with Crippen LogP contribution in [-0.4, -0.2) is 53.1 Å². The van der Waals surface area contributed by atoms with Crippen molar-refractivity contribution in [3.63, 3.8) is 0 Å².